The zero-order chi connectivity index (χ0) is 16.0. The summed E-state index contributed by atoms with van der Waals surface area (Å²) in [7, 11) is 5.70. The number of hydrogen-bond acceptors (Lipinski definition) is 4. The second-order valence-electron chi connectivity index (χ2n) is 5.99. The quantitative estimate of drug-likeness (QED) is 0.774. The molecule has 0 heterocycles. The number of nitrogens with one attached hydrogen (secondary N) is 1. The zero-order valence-corrected chi connectivity index (χ0v) is 14.4. The first-order valence-corrected chi connectivity index (χ1v) is 7.65. The summed E-state index contributed by atoms with van der Waals surface area (Å²) in [6.45, 7) is 5.87. The van der Waals surface area contributed by atoms with Gasteiger partial charge in [-0.1, -0.05) is 25.4 Å². The highest BCUT2D eigenvalue weighted by molar-refractivity contribution is 6.30. The van der Waals surface area contributed by atoms with Gasteiger partial charge in [0.05, 0.1) is 7.11 Å². The third-order valence-corrected chi connectivity index (χ3v) is 3.73. The average molecular weight is 315 g/mol. The summed E-state index contributed by atoms with van der Waals surface area (Å²) in [5.74, 6) is 1.21. The molecule has 1 atom stereocenters. The van der Waals surface area contributed by atoms with Gasteiger partial charge in [0.2, 0.25) is 0 Å². The molecule has 1 aromatic rings. The summed E-state index contributed by atoms with van der Waals surface area (Å²) in [6.07, 6.45) is 1.13. The van der Waals surface area contributed by atoms with Crippen LogP contribution in [0.5, 0.6) is 11.5 Å². The van der Waals surface area contributed by atoms with Gasteiger partial charge >= 0.3 is 0 Å². The van der Waals surface area contributed by atoms with Crippen molar-refractivity contribution >= 4 is 11.6 Å². The van der Waals surface area contributed by atoms with Gasteiger partial charge in [-0.3, -0.25) is 0 Å². The highest BCUT2D eigenvalue weighted by Crippen LogP contribution is 2.33. The molecule has 2 N–H and O–H groups in total. The number of hydrogen-bond donors (Lipinski definition) is 2. The second-order valence-corrected chi connectivity index (χ2v) is 6.43. The van der Waals surface area contributed by atoms with Gasteiger partial charge in [-0.2, -0.15) is 0 Å². The molecule has 0 spiro atoms. The number of nitrogens with zero attached hydrogens (tertiary/aromatic N) is 1. The van der Waals surface area contributed by atoms with E-state index in [0.717, 1.165) is 18.5 Å². The van der Waals surface area contributed by atoms with E-state index < -0.39 is 0 Å². The molecular formula is C16H27ClN2O2. The van der Waals surface area contributed by atoms with E-state index in [2.05, 4.69) is 38.2 Å². The van der Waals surface area contributed by atoms with Crippen LogP contribution in [0.2, 0.25) is 5.02 Å². The Labute approximate surface area is 133 Å². The van der Waals surface area contributed by atoms with Crippen molar-refractivity contribution in [2.24, 2.45) is 5.92 Å². The number of halogens is 1. The molecule has 0 fully saturated rings. The molecular weight excluding hydrogens is 288 g/mol. The van der Waals surface area contributed by atoms with Gasteiger partial charge in [0, 0.05) is 35.8 Å². The number of ether oxygens (including phenoxy) is 1. The minimum Gasteiger partial charge on any atom is -0.504 e. The molecule has 5 heteroatoms. The zero-order valence-electron chi connectivity index (χ0n) is 13.6. The van der Waals surface area contributed by atoms with Crippen molar-refractivity contribution in [1.29, 1.82) is 0 Å². The molecule has 0 amide bonds. The summed E-state index contributed by atoms with van der Waals surface area (Å²) < 4.78 is 5.11. The number of phenolic OH excluding ortho intramolecular Hbond substituents is 1. The van der Waals surface area contributed by atoms with Crippen molar-refractivity contribution in [3.05, 3.63) is 22.7 Å². The van der Waals surface area contributed by atoms with Crippen molar-refractivity contribution in [1.82, 2.24) is 10.2 Å². The predicted molar refractivity (Wildman–Crippen MR) is 88.3 cm³/mol. The third kappa shape index (κ3) is 5.73. The molecule has 0 saturated carbocycles. The van der Waals surface area contributed by atoms with Crippen LogP contribution in [0.1, 0.15) is 25.8 Å². The van der Waals surface area contributed by atoms with Gasteiger partial charge in [-0.05, 0) is 32.5 Å². The highest BCUT2D eigenvalue weighted by atomic mass is 35.5. The normalized spacial score (nSPS) is 13.0. The Morgan fingerprint density at radius 2 is 2.00 bits per heavy atom. The molecule has 0 aliphatic rings. The first-order chi connectivity index (χ1) is 9.85. The van der Waals surface area contributed by atoms with Gasteiger partial charge < -0.3 is 20.1 Å². The van der Waals surface area contributed by atoms with E-state index in [1.807, 2.05) is 0 Å². The smallest absolute Gasteiger partial charge is 0.162 e. The Kier molecular flexibility index (Phi) is 7.29. The van der Waals surface area contributed by atoms with Gasteiger partial charge in [0.1, 0.15) is 0 Å². The Morgan fingerprint density at radius 3 is 2.52 bits per heavy atom. The number of likely N-dealkylation sites (N-methyl/N-ethyl adjacent to an activating group) is 1. The molecule has 120 valence electrons. The monoisotopic (exact) mass is 314 g/mol. The first kappa shape index (κ1) is 18.1. The van der Waals surface area contributed by atoms with Gasteiger partial charge in [0.25, 0.3) is 0 Å². The number of phenols is 1. The van der Waals surface area contributed by atoms with Gasteiger partial charge in [-0.15, -0.1) is 0 Å². The minimum atomic E-state index is 0.152. The van der Waals surface area contributed by atoms with E-state index in [-0.39, 0.29) is 5.75 Å². The molecule has 0 aliphatic carbocycles. The maximum Gasteiger partial charge on any atom is 0.162 e. The van der Waals surface area contributed by atoms with E-state index in [1.54, 1.807) is 12.1 Å². The average Bonchev–Trinajstić information content (AvgIpc) is 2.40. The van der Waals surface area contributed by atoms with Crippen LogP contribution in [0, 0.1) is 5.92 Å². The molecule has 4 nitrogen and oxygen atoms in total. The second kappa shape index (κ2) is 8.47. The topological polar surface area (TPSA) is 44.7 Å². The fraction of sp³-hybridized carbons (Fsp3) is 0.625. The van der Waals surface area contributed by atoms with Crippen LogP contribution < -0.4 is 10.1 Å². The summed E-state index contributed by atoms with van der Waals surface area (Å²) in [5, 5.41) is 14.1. The molecule has 0 aliphatic heterocycles. The maximum absolute atomic E-state index is 10.1. The van der Waals surface area contributed by atoms with Crippen LogP contribution in [0.3, 0.4) is 0 Å². The molecule has 0 aromatic heterocycles. The van der Waals surface area contributed by atoms with E-state index in [4.69, 9.17) is 16.3 Å². The number of benzene rings is 1. The Balaban J connectivity index is 2.64. The highest BCUT2D eigenvalue weighted by Gasteiger charge is 2.14. The lowest BCUT2D eigenvalue weighted by molar-refractivity contribution is 0.246. The van der Waals surface area contributed by atoms with E-state index in [9.17, 15) is 5.11 Å². The molecule has 0 radical (unpaired) electrons. The van der Waals surface area contributed by atoms with Crippen LogP contribution in [-0.2, 0) is 6.54 Å². The number of rotatable bonds is 8. The Morgan fingerprint density at radius 1 is 1.33 bits per heavy atom. The summed E-state index contributed by atoms with van der Waals surface area (Å²) in [6, 6.07) is 3.84. The Bertz CT molecular complexity index is 450. The minimum absolute atomic E-state index is 0.152. The number of methoxy groups -OCH3 is 1. The van der Waals surface area contributed by atoms with Crippen LogP contribution >= 0.6 is 11.6 Å². The van der Waals surface area contributed by atoms with Crippen molar-refractivity contribution in [2.45, 2.75) is 32.9 Å². The van der Waals surface area contributed by atoms with Gasteiger partial charge in [0.15, 0.2) is 11.5 Å². The molecule has 1 rings (SSSR count). The molecule has 21 heavy (non-hydrogen) atoms. The van der Waals surface area contributed by atoms with Crippen LogP contribution in [-0.4, -0.2) is 43.8 Å². The fourth-order valence-corrected chi connectivity index (χ4v) is 2.54. The van der Waals surface area contributed by atoms with Crippen molar-refractivity contribution in [3.8, 4) is 11.5 Å². The summed E-state index contributed by atoms with van der Waals surface area (Å²) in [5.41, 5.74) is 0.751. The lowest BCUT2D eigenvalue weighted by Crippen LogP contribution is -2.38. The number of aromatic hydroxyl groups is 1. The lowest BCUT2D eigenvalue weighted by Gasteiger charge is -2.26. The molecule has 1 aromatic carbocycles. The van der Waals surface area contributed by atoms with E-state index in [0.29, 0.717) is 29.3 Å². The third-order valence-electron chi connectivity index (χ3n) is 3.51. The van der Waals surface area contributed by atoms with Gasteiger partial charge in [-0.25, -0.2) is 0 Å². The van der Waals surface area contributed by atoms with E-state index in [1.165, 1.54) is 7.11 Å². The summed E-state index contributed by atoms with van der Waals surface area (Å²) in [4.78, 5) is 2.23. The van der Waals surface area contributed by atoms with E-state index >= 15 is 0 Å². The fourth-order valence-electron chi connectivity index (χ4n) is 2.31. The predicted octanol–water partition coefficient (Wildman–Crippen LogP) is 3.12. The SMILES string of the molecule is COc1cc(Cl)cc(CNCC(CC(C)C)N(C)C)c1O. The maximum atomic E-state index is 10.1. The molecule has 0 saturated heterocycles. The Hall–Kier alpha value is -0.970. The first-order valence-electron chi connectivity index (χ1n) is 7.27. The standard InChI is InChI=1S/C16H27ClN2O2/c1-11(2)6-14(19(3)4)10-18-9-12-7-13(17)8-15(21-5)16(12)20/h7-8,11,14,18,20H,6,9-10H2,1-5H3. The summed E-state index contributed by atoms with van der Waals surface area (Å²) >= 11 is 6.03. The molecule has 0 bridgehead atoms. The van der Waals surface area contributed by atoms with Crippen molar-refractivity contribution in [3.63, 3.8) is 0 Å². The van der Waals surface area contributed by atoms with Crippen LogP contribution in [0.25, 0.3) is 0 Å². The van der Waals surface area contributed by atoms with Crippen LogP contribution in [0.4, 0.5) is 0 Å². The van der Waals surface area contributed by atoms with Crippen molar-refractivity contribution < 1.29 is 9.84 Å². The molecule has 1 unspecified atom stereocenters. The largest absolute Gasteiger partial charge is 0.504 e. The lowest BCUT2D eigenvalue weighted by atomic mass is 10.0. The van der Waals surface area contributed by atoms with Crippen LogP contribution in [0.15, 0.2) is 12.1 Å². The van der Waals surface area contributed by atoms with Crippen molar-refractivity contribution in [2.75, 3.05) is 27.7 Å².